The maximum Gasteiger partial charge on any atom is 0.112 e. The minimum absolute atomic E-state index is 0.0270. The Morgan fingerprint density at radius 2 is 1.15 bits per heavy atom. The van der Waals surface area contributed by atoms with Gasteiger partial charge in [-0.05, 0) is 24.0 Å². The van der Waals surface area contributed by atoms with E-state index in [-0.39, 0.29) is 5.41 Å². The van der Waals surface area contributed by atoms with E-state index >= 15 is 0 Å². The lowest BCUT2D eigenvalue weighted by molar-refractivity contribution is 0.366. The molecule has 0 aliphatic heterocycles. The van der Waals surface area contributed by atoms with Crippen molar-refractivity contribution in [1.29, 1.82) is 0 Å². The van der Waals surface area contributed by atoms with Crippen LogP contribution in [0.1, 0.15) is 140 Å². The van der Waals surface area contributed by atoms with Crippen LogP contribution >= 0.6 is 0 Å². The van der Waals surface area contributed by atoms with Gasteiger partial charge in [0.2, 0.25) is 0 Å². The summed E-state index contributed by atoms with van der Waals surface area (Å²) in [5, 5.41) is 0. The highest BCUT2D eigenvalue weighted by Gasteiger charge is 2.36. The van der Waals surface area contributed by atoms with Gasteiger partial charge in [-0.2, -0.15) is 0 Å². The van der Waals surface area contributed by atoms with Gasteiger partial charge in [-0.1, -0.05) is 171 Å². The number of benzene rings is 2. The molecule has 0 amide bonds. The molecule has 2 heteroatoms. The number of imidazole rings is 1. The van der Waals surface area contributed by atoms with Crippen LogP contribution in [0.2, 0.25) is 0 Å². The number of aromatic nitrogens is 2. The van der Waals surface area contributed by atoms with Crippen LogP contribution in [-0.4, -0.2) is 9.55 Å². The summed E-state index contributed by atoms with van der Waals surface area (Å²) in [6.45, 7) is 8.18. The highest BCUT2D eigenvalue weighted by Crippen LogP contribution is 2.41. The maximum absolute atomic E-state index is 4.90. The van der Waals surface area contributed by atoms with E-state index in [4.69, 9.17) is 4.98 Å². The van der Waals surface area contributed by atoms with Crippen LogP contribution in [0, 0.1) is 0 Å². The minimum atomic E-state index is -0.0270. The van der Waals surface area contributed by atoms with Crippen molar-refractivity contribution in [2.75, 3.05) is 0 Å². The van der Waals surface area contributed by atoms with Gasteiger partial charge in [-0.3, -0.25) is 0 Å². The molecule has 1 heterocycles. The van der Waals surface area contributed by atoms with E-state index in [0.29, 0.717) is 5.92 Å². The van der Waals surface area contributed by atoms with E-state index in [1.165, 1.54) is 113 Å². The Kier molecular flexibility index (Phi) is 14.5. The zero-order valence-electron chi connectivity index (χ0n) is 25.4. The molecular weight excluding hydrogens is 472 g/mol. The van der Waals surface area contributed by atoms with Crippen molar-refractivity contribution in [3.8, 4) is 0 Å². The highest BCUT2D eigenvalue weighted by molar-refractivity contribution is 5.32. The van der Waals surface area contributed by atoms with Gasteiger partial charge in [-0.25, -0.2) is 4.98 Å². The van der Waals surface area contributed by atoms with Gasteiger partial charge < -0.3 is 4.57 Å². The van der Waals surface area contributed by atoms with Gasteiger partial charge in [0, 0.05) is 30.3 Å². The van der Waals surface area contributed by atoms with Crippen LogP contribution in [0.3, 0.4) is 0 Å². The summed E-state index contributed by atoms with van der Waals surface area (Å²) in [4.78, 5) is 4.90. The number of unbranched alkanes of at least 4 members (excludes halogenated alkanes) is 14. The first-order valence-electron chi connectivity index (χ1n) is 16.3. The number of nitrogens with zero attached hydrogens (tertiary/aromatic N) is 2. The first-order chi connectivity index (χ1) is 19.1. The molecule has 0 spiro atoms. The fraction of sp³-hybridized carbons (Fsp3) is 0.595. The molecule has 2 nitrogen and oxygen atoms in total. The van der Waals surface area contributed by atoms with Crippen molar-refractivity contribution in [3.05, 3.63) is 90.0 Å². The molecule has 3 aromatic rings. The summed E-state index contributed by atoms with van der Waals surface area (Å²) in [6, 6.07) is 22.0. The third-order valence-corrected chi connectivity index (χ3v) is 8.94. The first kappa shape index (κ1) is 31.2. The van der Waals surface area contributed by atoms with Crippen molar-refractivity contribution in [2.24, 2.45) is 0 Å². The molecule has 1 aromatic heterocycles. The van der Waals surface area contributed by atoms with Crippen molar-refractivity contribution in [1.82, 2.24) is 9.55 Å². The monoisotopic (exact) mass is 528 g/mol. The number of hydrogen-bond acceptors (Lipinski definition) is 1. The molecule has 0 aliphatic carbocycles. The molecular formula is C37H56N2. The lowest BCUT2D eigenvalue weighted by atomic mass is 9.68. The Hall–Kier alpha value is -2.35. The smallest absolute Gasteiger partial charge is 0.112 e. The third kappa shape index (κ3) is 10.6. The van der Waals surface area contributed by atoms with E-state index in [9.17, 15) is 0 Å². The molecule has 214 valence electrons. The summed E-state index contributed by atoms with van der Waals surface area (Å²) in [5.74, 6) is 1.54. The molecule has 0 fully saturated rings. The molecule has 0 aliphatic rings. The molecule has 0 N–H and O–H groups in total. The van der Waals surface area contributed by atoms with Gasteiger partial charge in [-0.15, -0.1) is 0 Å². The molecule has 0 saturated heterocycles. The summed E-state index contributed by atoms with van der Waals surface area (Å²) in [6.07, 6.45) is 26.3. The van der Waals surface area contributed by atoms with Gasteiger partial charge in [0.1, 0.15) is 5.82 Å². The van der Waals surface area contributed by atoms with E-state index in [2.05, 4.69) is 92.2 Å². The molecule has 2 atom stereocenters. The van der Waals surface area contributed by atoms with Crippen LogP contribution in [0.15, 0.2) is 73.1 Å². The average Bonchev–Trinajstić information content (AvgIpc) is 3.44. The predicted molar refractivity (Wildman–Crippen MR) is 170 cm³/mol. The number of aryl methyl sites for hydroxylation is 1. The largest absolute Gasteiger partial charge is 0.335 e. The van der Waals surface area contributed by atoms with Crippen molar-refractivity contribution < 1.29 is 0 Å². The van der Waals surface area contributed by atoms with Crippen LogP contribution in [0.5, 0.6) is 0 Å². The second-order valence-corrected chi connectivity index (χ2v) is 12.1. The summed E-state index contributed by atoms with van der Waals surface area (Å²) < 4.78 is 2.43. The molecule has 2 aromatic carbocycles. The van der Waals surface area contributed by atoms with Gasteiger partial charge >= 0.3 is 0 Å². The third-order valence-electron chi connectivity index (χ3n) is 8.94. The van der Waals surface area contributed by atoms with E-state index in [1.807, 2.05) is 6.20 Å². The molecule has 3 rings (SSSR count). The molecule has 2 unspecified atom stereocenters. The van der Waals surface area contributed by atoms with Gasteiger partial charge in [0.25, 0.3) is 0 Å². The number of rotatable bonds is 21. The lowest BCUT2D eigenvalue weighted by Crippen LogP contribution is -2.33. The van der Waals surface area contributed by atoms with Crippen LogP contribution in [-0.2, 0) is 18.4 Å². The Morgan fingerprint density at radius 3 is 1.69 bits per heavy atom. The second-order valence-electron chi connectivity index (χ2n) is 12.1. The first-order valence-corrected chi connectivity index (χ1v) is 16.3. The summed E-state index contributed by atoms with van der Waals surface area (Å²) >= 11 is 0. The van der Waals surface area contributed by atoms with Crippen LogP contribution in [0.25, 0.3) is 0 Å². The normalized spacial score (nSPS) is 13.8. The summed E-state index contributed by atoms with van der Waals surface area (Å²) in [5.41, 5.74) is 2.75. The maximum atomic E-state index is 4.90. The average molecular weight is 529 g/mol. The van der Waals surface area contributed by atoms with Gasteiger partial charge in [0.15, 0.2) is 0 Å². The van der Waals surface area contributed by atoms with Crippen LogP contribution in [0.4, 0.5) is 0 Å². The molecule has 0 saturated carbocycles. The predicted octanol–water partition coefficient (Wildman–Crippen LogP) is 11.1. The topological polar surface area (TPSA) is 17.8 Å². The molecule has 39 heavy (non-hydrogen) atoms. The standard InChI is InChI=1S/C37H56N2/c1-4-5-6-7-8-9-10-11-12-13-14-15-16-17-24-30-39-31-29-38-36(39)33(2)37(3,35-27-22-19-23-28-35)32-34-25-20-18-21-26-34/h18-23,25-29,31,33H,4-17,24,30,32H2,1-3H3. The minimum Gasteiger partial charge on any atom is -0.335 e. The van der Waals surface area contributed by atoms with Gasteiger partial charge in [0.05, 0.1) is 0 Å². The Labute approximate surface area is 240 Å². The fourth-order valence-electron chi connectivity index (χ4n) is 6.17. The Bertz CT molecular complexity index is 993. The number of hydrogen-bond donors (Lipinski definition) is 0. The Balaban J connectivity index is 1.39. The second kappa shape index (κ2) is 18.1. The zero-order valence-corrected chi connectivity index (χ0v) is 25.4. The van der Waals surface area contributed by atoms with Crippen molar-refractivity contribution in [3.63, 3.8) is 0 Å². The fourth-order valence-corrected chi connectivity index (χ4v) is 6.17. The SMILES string of the molecule is CCCCCCCCCCCCCCCCCn1ccnc1C(C)C(C)(Cc1ccccc1)c1ccccc1. The van der Waals surface area contributed by atoms with Crippen molar-refractivity contribution >= 4 is 0 Å². The Morgan fingerprint density at radius 1 is 0.667 bits per heavy atom. The highest BCUT2D eigenvalue weighted by atomic mass is 15.1. The van der Waals surface area contributed by atoms with E-state index in [0.717, 1.165) is 13.0 Å². The zero-order chi connectivity index (χ0) is 27.6. The van der Waals surface area contributed by atoms with Crippen molar-refractivity contribution in [2.45, 2.75) is 141 Å². The molecule has 0 radical (unpaired) electrons. The lowest BCUT2D eigenvalue weighted by Gasteiger charge is -2.36. The quantitative estimate of drug-likeness (QED) is 0.126. The van der Waals surface area contributed by atoms with E-state index in [1.54, 1.807) is 0 Å². The molecule has 0 bridgehead atoms. The van der Waals surface area contributed by atoms with Crippen LogP contribution < -0.4 is 0 Å². The summed E-state index contributed by atoms with van der Waals surface area (Å²) in [7, 11) is 0. The van der Waals surface area contributed by atoms with E-state index < -0.39 is 0 Å².